The summed E-state index contributed by atoms with van der Waals surface area (Å²) in [6, 6.07) is 5.06. The van der Waals surface area contributed by atoms with Gasteiger partial charge in [-0.2, -0.15) is 0 Å². The van der Waals surface area contributed by atoms with Gasteiger partial charge in [-0.1, -0.05) is 12.1 Å². The van der Waals surface area contributed by atoms with Crippen LogP contribution in [0.25, 0.3) is 0 Å². The predicted octanol–water partition coefficient (Wildman–Crippen LogP) is 1.51. The second kappa shape index (κ2) is 5.24. The fraction of sp³-hybridized carbons (Fsp3) is 0.364. The van der Waals surface area contributed by atoms with Crippen molar-refractivity contribution in [1.29, 1.82) is 0 Å². The van der Waals surface area contributed by atoms with Crippen LogP contribution in [-0.2, 0) is 16.0 Å². The molecule has 0 aliphatic rings. The number of phenolic OH excluding ortho intramolecular Hbond substituents is 1. The highest BCUT2D eigenvalue weighted by atomic mass is 16.5. The molecular weight excluding hydrogens is 196 g/mol. The van der Waals surface area contributed by atoms with Gasteiger partial charge in [-0.25, -0.2) is 0 Å². The summed E-state index contributed by atoms with van der Waals surface area (Å²) in [5, 5.41) is 9.47. The quantitative estimate of drug-likeness (QED) is 0.765. The molecular formula is C11H14O4. The normalized spacial score (nSPS) is 9.73. The van der Waals surface area contributed by atoms with Crippen molar-refractivity contribution in [2.24, 2.45) is 0 Å². The third kappa shape index (κ3) is 2.87. The molecule has 0 spiro atoms. The summed E-state index contributed by atoms with van der Waals surface area (Å²) in [4.78, 5) is 10.9. The van der Waals surface area contributed by atoms with Gasteiger partial charge >= 0.3 is 5.97 Å². The molecule has 0 saturated carbocycles. The molecule has 0 fully saturated rings. The molecule has 0 saturated heterocycles. The number of aryl methyl sites for hydroxylation is 1. The number of methoxy groups -OCH3 is 2. The summed E-state index contributed by atoms with van der Waals surface area (Å²) in [5.41, 5.74) is 0.794. The van der Waals surface area contributed by atoms with Gasteiger partial charge in [-0.15, -0.1) is 0 Å². The topological polar surface area (TPSA) is 55.8 Å². The Morgan fingerprint density at radius 3 is 2.73 bits per heavy atom. The van der Waals surface area contributed by atoms with Crippen LogP contribution in [-0.4, -0.2) is 25.3 Å². The van der Waals surface area contributed by atoms with Crippen LogP contribution in [0.5, 0.6) is 11.5 Å². The lowest BCUT2D eigenvalue weighted by atomic mass is 10.1. The molecule has 0 aliphatic carbocycles. The average molecular weight is 210 g/mol. The molecule has 4 heteroatoms. The van der Waals surface area contributed by atoms with Crippen LogP contribution in [0.3, 0.4) is 0 Å². The fourth-order valence-electron chi connectivity index (χ4n) is 1.34. The van der Waals surface area contributed by atoms with Gasteiger partial charge in [0.2, 0.25) is 0 Å². The first-order chi connectivity index (χ1) is 7.19. The van der Waals surface area contributed by atoms with Crippen molar-refractivity contribution in [3.8, 4) is 11.5 Å². The second-order valence-corrected chi connectivity index (χ2v) is 3.05. The summed E-state index contributed by atoms with van der Waals surface area (Å²) < 4.78 is 9.57. The number of hydrogen-bond acceptors (Lipinski definition) is 4. The number of ether oxygens (including phenoxy) is 2. The first-order valence-corrected chi connectivity index (χ1v) is 4.60. The molecule has 4 nitrogen and oxygen atoms in total. The van der Waals surface area contributed by atoms with Gasteiger partial charge < -0.3 is 14.6 Å². The van der Waals surface area contributed by atoms with Crippen LogP contribution in [0.15, 0.2) is 18.2 Å². The van der Waals surface area contributed by atoms with Crippen molar-refractivity contribution in [2.45, 2.75) is 12.8 Å². The van der Waals surface area contributed by atoms with Crippen LogP contribution in [0.4, 0.5) is 0 Å². The standard InChI is InChI=1S/C11H14O4/c1-14-10(13)7-6-8-4-3-5-9(12)11(8)15-2/h3-5,12H,6-7H2,1-2H3. The zero-order chi connectivity index (χ0) is 11.3. The smallest absolute Gasteiger partial charge is 0.305 e. The molecule has 0 unspecified atom stereocenters. The first-order valence-electron chi connectivity index (χ1n) is 4.60. The van der Waals surface area contributed by atoms with Crippen LogP contribution >= 0.6 is 0 Å². The van der Waals surface area contributed by atoms with Gasteiger partial charge in [0.1, 0.15) is 0 Å². The van der Waals surface area contributed by atoms with E-state index in [2.05, 4.69) is 4.74 Å². The van der Waals surface area contributed by atoms with E-state index < -0.39 is 0 Å². The zero-order valence-electron chi connectivity index (χ0n) is 8.82. The lowest BCUT2D eigenvalue weighted by molar-refractivity contribution is -0.140. The molecule has 0 amide bonds. The lowest BCUT2D eigenvalue weighted by Crippen LogP contribution is -2.02. The van der Waals surface area contributed by atoms with E-state index in [0.717, 1.165) is 5.56 Å². The maximum absolute atomic E-state index is 10.9. The van der Waals surface area contributed by atoms with Crippen molar-refractivity contribution in [3.05, 3.63) is 23.8 Å². The largest absolute Gasteiger partial charge is 0.504 e. The molecule has 0 bridgehead atoms. The Morgan fingerprint density at radius 1 is 1.40 bits per heavy atom. The molecule has 82 valence electrons. The number of carbonyl (C=O) groups is 1. The van der Waals surface area contributed by atoms with Crippen LogP contribution in [0, 0.1) is 0 Å². The van der Waals surface area contributed by atoms with E-state index in [1.54, 1.807) is 12.1 Å². The molecule has 1 aromatic carbocycles. The number of aromatic hydroxyl groups is 1. The minimum absolute atomic E-state index is 0.0832. The molecule has 1 rings (SSSR count). The molecule has 0 aromatic heterocycles. The van der Waals surface area contributed by atoms with E-state index in [0.29, 0.717) is 12.2 Å². The van der Waals surface area contributed by atoms with Gasteiger partial charge in [0, 0.05) is 6.42 Å². The first kappa shape index (κ1) is 11.4. The Balaban J connectivity index is 2.76. The summed E-state index contributed by atoms with van der Waals surface area (Å²) in [5.74, 6) is 0.224. The van der Waals surface area contributed by atoms with Gasteiger partial charge in [0.15, 0.2) is 11.5 Å². The van der Waals surface area contributed by atoms with E-state index in [-0.39, 0.29) is 18.1 Å². The van der Waals surface area contributed by atoms with E-state index in [1.807, 2.05) is 6.07 Å². The highest BCUT2D eigenvalue weighted by Gasteiger charge is 2.09. The number of benzene rings is 1. The SMILES string of the molecule is COC(=O)CCc1cccc(O)c1OC. The highest BCUT2D eigenvalue weighted by Crippen LogP contribution is 2.30. The monoisotopic (exact) mass is 210 g/mol. The minimum atomic E-state index is -0.277. The van der Waals surface area contributed by atoms with E-state index in [9.17, 15) is 9.90 Å². The maximum atomic E-state index is 10.9. The molecule has 0 aliphatic heterocycles. The minimum Gasteiger partial charge on any atom is -0.504 e. The molecule has 15 heavy (non-hydrogen) atoms. The van der Waals surface area contributed by atoms with Crippen molar-refractivity contribution in [1.82, 2.24) is 0 Å². The molecule has 0 atom stereocenters. The van der Waals surface area contributed by atoms with Crippen molar-refractivity contribution in [2.75, 3.05) is 14.2 Å². The van der Waals surface area contributed by atoms with Crippen molar-refractivity contribution < 1.29 is 19.4 Å². The van der Waals surface area contributed by atoms with E-state index in [4.69, 9.17) is 4.74 Å². The van der Waals surface area contributed by atoms with E-state index >= 15 is 0 Å². The zero-order valence-corrected chi connectivity index (χ0v) is 8.82. The Kier molecular flexibility index (Phi) is 3.97. The molecule has 0 radical (unpaired) electrons. The third-order valence-corrected chi connectivity index (χ3v) is 2.11. The number of para-hydroxylation sites is 1. The number of rotatable bonds is 4. The summed E-state index contributed by atoms with van der Waals surface area (Å²) >= 11 is 0. The molecule has 1 N–H and O–H groups in total. The van der Waals surface area contributed by atoms with Crippen molar-refractivity contribution in [3.63, 3.8) is 0 Å². The van der Waals surface area contributed by atoms with Gasteiger partial charge in [0.25, 0.3) is 0 Å². The Labute approximate surface area is 88.4 Å². The van der Waals surface area contributed by atoms with Gasteiger partial charge in [0.05, 0.1) is 14.2 Å². The summed E-state index contributed by atoms with van der Waals surface area (Å²) in [7, 11) is 2.83. The fourth-order valence-corrected chi connectivity index (χ4v) is 1.34. The van der Waals surface area contributed by atoms with Gasteiger partial charge in [-0.05, 0) is 18.1 Å². The van der Waals surface area contributed by atoms with Crippen LogP contribution in [0.2, 0.25) is 0 Å². The van der Waals surface area contributed by atoms with Gasteiger partial charge in [-0.3, -0.25) is 4.79 Å². The maximum Gasteiger partial charge on any atom is 0.305 e. The summed E-state index contributed by atoms with van der Waals surface area (Å²) in [6.45, 7) is 0. The highest BCUT2D eigenvalue weighted by molar-refractivity contribution is 5.69. The third-order valence-electron chi connectivity index (χ3n) is 2.11. The second-order valence-electron chi connectivity index (χ2n) is 3.05. The lowest BCUT2D eigenvalue weighted by Gasteiger charge is -2.09. The number of hydrogen-bond donors (Lipinski definition) is 1. The van der Waals surface area contributed by atoms with E-state index in [1.165, 1.54) is 14.2 Å². The average Bonchev–Trinajstić information content (AvgIpc) is 2.25. The number of phenols is 1. The Bertz CT molecular complexity index is 346. The predicted molar refractivity (Wildman–Crippen MR) is 55.0 cm³/mol. The summed E-state index contributed by atoms with van der Waals surface area (Å²) in [6.07, 6.45) is 0.764. The van der Waals surface area contributed by atoms with Crippen molar-refractivity contribution >= 4 is 5.97 Å². The Morgan fingerprint density at radius 2 is 2.13 bits per heavy atom. The Hall–Kier alpha value is -1.71. The molecule has 0 heterocycles. The number of carbonyl (C=O) groups excluding carboxylic acids is 1. The van der Waals surface area contributed by atoms with Crippen LogP contribution < -0.4 is 4.74 Å². The van der Waals surface area contributed by atoms with Crippen LogP contribution in [0.1, 0.15) is 12.0 Å². The number of esters is 1. The molecule has 1 aromatic rings.